The summed E-state index contributed by atoms with van der Waals surface area (Å²) >= 11 is 0. The largest absolute Gasteiger partial charge is 0.325 e. The molecule has 0 aliphatic carbocycles. The van der Waals surface area contributed by atoms with E-state index < -0.39 is 0 Å². The molecule has 0 radical (unpaired) electrons. The fraction of sp³-hybridized carbons (Fsp3) is 0.917. The number of halogens is 1. The van der Waals surface area contributed by atoms with Gasteiger partial charge in [-0.2, -0.15) is 0 Å². The van der Waals surface area contributed by atoms with Gasteiger partial charge in [0.1, 0.15) is 0 Å². The molecule has 2 amide bonds. The molecule has 2 fully saturated rings. The van der Waals surface area contributed by atoms with E-state index in [1.165, 1.54) is 0 Å². The maximum atomic E-state index is 12.2. The zero-order valence-corrected chi connectivity index (χ0v) is 11.6. The smallest absolute Gasteiger partial charge is 0.320 e. The number of likely N-dealkylation sites (tertiary alicyclic amines) is 2. The normalized spacial score (nSPS) is 25.9. The van der Waals surface area contributed by atoms with E-state index in [2.05, 4.69) is 12.2 Å². The highest BCUT2D eigenvalue weighted by Gasteiger charge is 2.29. The Morgan fingerprint density at radius 1 is 1.12 bits per heavy atom. The van der Waals surface area contributed by atoms with Gasteiger partial charge in [-0.1, -0.05) is 6.92 Å². The molecule has 0 aromatic rings. The lowest BCUT2D eigenvalue weighted by Gasteiger charge is -2.33. The molecule has 1 atom stereocenters. The van der Waals surface area contributed by atoms with E-state index in [0.29, 0.717) is 6.04 Å². The lowest BCUT2D eigenvalue weighted by molar-refractivity contribution is 0.142. The second-order valence-corrected chi connectivity index (χ2v) is 5.17. The van der Waals surface area contributed by atoms with Gasteiger partial charge in [-0.05, 0) is 32.2 Å². The van der Waals surface area contributed by atoms with E-state index in [4.69, 9.17) is 0 Å². The molecule has 0 saturated carbocycles. The topological polar surface area (TPSA) is 35.6 Å². The van der Waals surface area contributed by atoms with Crippen molar-refractivity contribution in [1.29, 1.82) is 0 Å². The number of rotatable bonds is 1. The molecule has 0 aromatic heterocycles. The molecule has 5 heteroatoms. The number of carbonyl (C=O) groups is 1. The first-order valence-electron chi connectivity index (χ1n) is 6.42. The number of piperidine rings is 1. The number of likely N-dealkylation sites (N-methyl/N-ethyl adjacent to an activating group) is 1. The van der Waals surface area contributed by atoms with Crippen molar-refractivity contribution in [2.24, 2.45) is 5.92 Å². The van der Waals surface area contributed by atoms with Crippen molar-refractivity contribution in [3.63, 3.8) is 0 Å². The van der Waals surface area contributed by atoms with Crippen molar-refractivity contribution in [3.05, 3.63) is 0 Å². The third-order valence-electron chi connectivity index (χ3n) is 3.92. The average Bonchev–Trinajstić information content (AvgIpc) is 2.77. The number of nitrogens with zero attached hydrogens (tertiary/aromatic N) is 2. The number of nitrogens with one attached hydrogen (secondary N) is 1. The SMILES string of the molecule is CNC1CCN(C(=O)N2CCC(C)CC2)C1.Cl. The Kier molecular flexibility index (Phi) is 5.53. The molecule has 2 aliphatic rings. The number of urea groups is 1. The lowest BCUT2D eigenvalue weighted by Crippen LogP contribution is -2.46. The number of hydrogen-bond acceptors (Lipinski definition) is 2. The fourth-order valence-electron chi connectivity index (χ4n) is 2.57. The van der Waals surface area contributed by atoms with Crippen LogP contribution in [0.25, 0.3) is 0 Å². The predicted octanol–water partition coefficient (Wildman–Crippen LogP) is 1.55. The van der Waals surface area contributed by atoms with Crippen molar-refractivity contribution in [1.82, 2.24) is 15.1 Å². The minimum atomic E-state index is 0. The van der Waals surface area contributed by atoms with Gasteiger partial charge in [0.25, 0.3) is 0 Å². The average molecular weight is 262 g/mol. The highest BCUT2D eigenvalue weighted by Crippen LogP contribution is 2.19. The minimum absolute atomic E-state index is 0. The van der Waals surface area contributed by atoms with Crippen LogP contribution >= 0.6 is 12.4 Å². The van der Waals surface area contributed by atoms with Gasteiger partial charge in [0.05, 0.1) is 0 Å². The molecule has 17 heavy (non-hydrogen) atoms. The first kappa shape index (κ1) is 14.6. The van der Waals surface area contributed by atoms with Gasteiger partial charge in [-0.25, -0.2) is 4.79 Å². The Bertz CT molecular complexity index is 250. The lowest BCUT2D eigenvalue weighted by atomic mass is 10.00. The Balaban J connectivity index is 0.00000144. The molecular weight excluding hydrogens is 238 g/mol. The predicted molar refractivity (Wildman–Crippen MR) is 71.7 cm³/mol. The molecule has 1 unspecified atom stereocenters. The van der Waals surface area contributed by atoms with E-state index in [9.17, 15) is 4.79 Å². The van der Waals surface area contributed by atoms with Gasteiger partial charge in [0.2, 0.25) is 0 Å². The highest BCUT2D eigenvalue weighted by molar-refractivity contribution is 5.85. The van der Waals surface area contributed by atoms with Crippen molar-refractivity contribution in [2.75, 3.05) is 33.2 Å². The Morgan fingerprint density at radius 2 is 1.71 bits per heavy atom. The van der Waals surface area contributed by atoms with Crippen LogP contribution in [0.4, 0.5) is 4.79 Å². The molecule has 2 heterocycles. The van der Waals surface area contributed by atoms with Crippen LogP contribution in [0.1, 0.15) is 26.2 Å². The standard InChI is InChI=1S/C12H23N3O.ClH/c1-10-3-6-14(7-4-10)12(16)15-8-5-11(9-15)13-2;/h10-11,13H,3-9H2,1-2H3;1H. The van der Waals surface area contributed by atoms with Crippen LogP contribution in [0, 0.1) is 5.92 Å². The zero-order valence-electron chi connectivity index (χ0n) is 10.8. The van der Waals surface area contributed by atoms with Crippen LogP contribution in [-0.4, -0.2) is 55.1 Å². The fourth-order valence-corrected chi connectivity index (χ4v) is 2.57. The van der Waals surface area contributed by atoms with Crippen LogP contribution in [0.15, 0.2) is 0 Å². The van der Waals surface area contributed by atoms with Crippen molar-refractivity contribution in [2.45, 2.75) is 32.2 Å². The summed E-state index contributed by atoms with van der Waals surface area (Å²) in [5, 5.41) is 3.25. The van der Waals surface area contributed by atoms with E-state index >= 15 is 0 Å². The monoisotopic (exact) mass is 261 g/mol. The third kappa shape index (κ3) is 3.49. The second kappa shape index (κ2) is 6.45. The van der Waals surface area contributed by atoms with Crippen molar-refractivity contribution >= 4 is 18.4 Å². The molecule has 2 saturated heterocycles. The summed E-state index contributed by atoms with van der Waals surface area (Å²) in [6.07, 6.45) is 3.41. The van der Waals surface area contributed by atoms with Crippen LogP contribution in [-0.2, 0) is 0 Å². The number of carbonyl (C=O) groups excluding carboxylic acids is 1. The van der Waals surface area contributed by atoms with E-state index in [-0.39, 0.29) is 18.4 Å². The molecule has 0 aromatic carbocycles. The summed E-state index contributed by atoms with van der Waals surface area (Å²) < 4.78 is 0. The Hall–Kier alpha value is -0.480. The third-order valence-corrected chi connectivity index (χ3v) is 3.92. The van der Waals surface area contributed by atoms with Gasteiger partial charge in [-0.3, -0.25) is 0 Å². The maximum absolute atomic E-state index is 12.2. The second-order valence-electron chi connectivity index (χ2n) is 5.17. The summed E-state index contributed by atoms with van der Waals surface area (Å²) in [5.41, 5.74) is 0. The van der Waals surface area contributed by atoms with Gasteiger partial charge < -0.3 is 15.1 Å². The minimum Gasteiger partial charge on any atom is -0.325 e. The van der Waals surface area contributed by atoms with Crippen molar-refractivity contribution in [3.8, 4) is 0 Å². The molecule has 1 N–H and O–H groups in total. The first-order chi connectivity index (χ1) is 7.70. The summed E-state index contributed by atoms with van der Waals surface area (Å²) in [5.74, 6) is 0.785. The summed E-state index contributed by atoms with van der Waals surface area (Å²) in [6, 6.07) is 0.748. The molecule has 0 bridgehead atoms. The Labute approximate surface area is 110 Å². The quantitative estimate of drug-likeness (QED) is 0.778. The number of hydrogen-bond donors (Lipinski definition) is 1. The van der Waals surface area contributed by atoms with Gasteiger partial charge in [0, 0.05) is 32.2 Å². The maximum Gasteiger partial charge on any atom is 0.320 e. The molecule has 100 valence electrons. The highest BCUT2D eigenvalue weighted by atomic mass is 35.5. The van der Waals surface area contributed by atoms with E-state index in [1.54, 1.807) is 0 Å². The summed E-state index contributed by atoms with van der Waals surface area (Å²) in [4.78, 5) is 16.2. The van der Waals surface area contributed by atoms with Crippen LogP contribution in [0.3, 0.4) is 0 Å². The number of amides is 2. The van der Waals surface area contributed by atoms with Gasteiger partial charge in [0.15, 0.2) is 0 Å². The van der Waals surface area contributed by atoms with Crippen LogP contribution < -0.4 is 5.32 Å². The molecular formula is C12H24ClN3O. The molecule has 4 nitrogen and oxygen atoms in total. The van der Waals surface area contributed by atoms with Crippen LogP contribution in [0.5, 0.6) is 0 Å². The van der Waals surface area contributed by atoms with E-state index in [1.807, 2.05) is 16.8 Å². The zero-order chi connectivity index (χ0) is 11.5. The van der Waals surface area contributed by atoms with Crippen LogP contribution in [0.2, 0.25) is 0 Å². The summed E-state index contributed by atoms with van der Waals surface area (Å²) in [6.45, 7) is 5.95. The molecule has 0 spiro atoms. The first-order valence-corrected chi connectivity index (χ1v) is 6.42. The van der Waals surface area contributed by atoms with Gasteiger partial charge >= 0.3 is 6.03 Å². The molecule has 2 rings (SSSR count). The van der Waals surface area contributed by atoms with E-state index in [0.717, 1.165) is 51.4 Å². The Morgan fingerprint density at radius 3 is 2.24 bits per heavy atom. The van der Waals surface area contributed by atoms with Gasteiger partial charge in [-0.15, -0.1) is 12.4 Å². The molecule has 2 aliphatic heterocycles. The van der Waals surface area contributed by atoms with Crippen molar-refractivity contribution < 1.29 is 4.79 Å². The summed E-state index contributed by atoms with van der Waals surface area (Å²) in [7, 11) is 1.97.